The van der Waals surface area contributed by atoms with Gasteiger partial charge in [-0.05, 0) is 6.07 Å². The maximum Gasteiger partial charge on any atom is 0.271 e. The molecule has 0 spiro atoms. The number of rotatable bonds is 2. The van der Waals surface area contributed by atoms with Gasteiger partial charge in [-0.25, -0.2) is 4.98 Å². The molecule has 17 heavy (non-hydrogen) atoms. The Balaban J connectivity index is 2.75. The van der Waals surface area contributed by atoms with Gasteiger partial charge in [-0.2, -0.15) is 0 Å². The molecule has 1 aromatic carbocycles. The Labute approximate surface area is 96.5 Å². The lowest BCUT2D eigenvalue weighted by Crippen LogP contribution is -2.12. The molecule has 0 amide bonds. The van der Waals surface area contributed by atoms with Gasteiger partial charge in [0.1, 0.15) is 5.82 Å². The molecule has 1 heterocycles. The monoisotopic (exact) mass is 233 g/mol. The van der Waals surface area contributed by atoms with Gasteiger partial charge in [-0.15, -0.1) is 0 Å². The Hall–Kier alpha value is -2.24. The largest absolute Gasteiger partial charge is 0.310 e. The minimum absolute atomic E-state index is 0.0614. The molecule has 0 aliphatic heterocycles. The van der Waals surface area contributed by atoms with Gasteiger partial charge in [-0.3, -0.25) is 14.9 Å². The van der Waals surface area contributed by atoms with Crippen molar-refractivity contribution < 1.29 is 4.92 Å². The van der Waals surface area contributed by atoms with Gasteiger partial charge >= 0.3 is 0 Å². The second-order valence-corrected chi connectivity index (χ2v) is 4.06. The van der Waals surface area contributed by atoms with Crippen LogP contribution < -0.4 is 5.56 Å². The van der Waals surface area contributed by atoms with Crippen LogP contribution in [0.5, 0.6) is 0 Å². The third-order valence-electron chi connectivity index (χ3n) is 2.47. The lowest BCUT2D eigenvalue weighted by molar-refractivity contribution is -0.384. The van der Waals surface area contributed by atoms with E-state index in [0.717, 1.165) is 0 Å². The number of nitro benzene ring substituents is 1. The molecular weight excluding hydrogens is 222 g/mol. The Morgan fingerprint density at radius 3 is 2.71 bits per heavy atom. The molecule has 0 unspecified atom stereocenters. The summed E-state index contributed by atoms with van der Waals surface area (Å²) in [5, 5.41) is 11.0. The van der Waals surface area contributed by atoms with Crippen LogP contribution >= 0.6 is 0 Å². The van der Waals surface area contributed by atoms with E-state index in [1.807, 2.05) is 13.8 Å². The average molecular weight is 233 g/mol. The number of H-pyrrole nitrogens is 1. The molecule has 0 saturated carbocycles. The van der Waals surface area contributed by atoms with Gasteiger partial charge in [0.05, 0.1) is 15.8 Å². The van der Waals surface area contributed by atoms with Crippen molar-refractivity contribution in [1.29, 1.82) is 0 Å². The second-order valence-electron chi connectivity index (χ2n) is 4.06. The van der Waals surface area contributed by atoms with Crippen LogP contribution in [0.2, 0.25) is 0 Å². The van der Waals surface area contributed by atoms with Crippen molar-refractivity contribution in [3.05, 3.63) is 44.5 Å². The quantitative estimate of drug-likeness (QED) is 0.634. The zero-order valence-corrected chi connectivity index (χ0v) is 9.43. The van der Waals surface area contributed by atoms with Crippen LogP contribution in [0.25, 0.3) is 10.9 Å². The molecule has 2 aromatic rings. The number of hydrogen-bond donors (Lipinski definition) is 1. The summed E-state index contributed by atoms with van der Waals surface area (Å²) < 4.78 is 0. The highest BCUT2D eigenvalue weighted by molar-refractivity contribution is 5.79. The number of nitrogens with zero attached hydrogens (tertiary/aromatic N) is 2. The van der Waals surface area contributed by atoms with E-state index >= 15 is 0 Å². The zero-order valence-electron chi connectivity index (χ0n) is 9.43. The molecular formula is C11H11N3O3. The van der Waals surface area contributed by atoms with E-state index in [1.165, 1.54) is 18.2 Å². The SMILES string of the molecule is CC(C)c1nc2cc([N+](=O)[O-])ccc2c(=O)[nH]1. The van der Waals surface area contributed by atoms with Gasteiger partial charge in [0.2, 0.25) is 0 Å². The van der Waals surface area contributed by atoms with Crippen LogP contribution in [0.1, 0.15) is 25.6 Å². The predicted molar refractivity (Wildman–Crippen MR) is 63.1 cm³/mol. The lowest BCUT2D eigenvalue weighted by atomic mass is 10.2. The van der Waals surface area contributed by atoms with Crippen LogP contribution in [0.4, 0.5) is 5.69 Å². The highest BCUT2D eigenvalue weighted by atomic mass is 16.6. The summed E-state index contributed by atoms with van der Waals surface area (Å²) in [5.74, 6) is 0.592. The first-order valence-corrected chi connectivity index (χ1v) is 5.17. The summed E-state index contributed by atoms with van der Waals surface area (Å²) in [6.07, 6.45) is 0. The fraction of sp³-hybridized carbons (Fsp3) is 0.273. The average Bonchev–Trinajstić information content (AvgIpc) is 2.27. The molecule has 2 rings (SSSR count). The molecule has 0 saturated heterocycles. The summed E-state index contributed by atoms with van der Waals surface area (Å²) in [5.41, 5.74) is 0.0190. The Bertz CT molecular complexity index is 646. The second kappa shape index (κ2) is 3.97. The number of benzene rings is 1. The minimum atomic E-state index is -0.503. The summed E-state index contributed by atoms with van der Waals surface area (Å²) in [4.78, 5) is 28.7. The minimum Gasteiger partial charge on any atom is -0.310 e. The maximum absolute atomic E-state index is 11.7. The van der Waals surface area contributed by atoms with E-state index in [2.05, 4.69) is 9.97 Å². The van der Waals surface area contributed by atoms with E-state index in [9.17, 15) is 14.9 Å². The van der Waals surface area contributed by atoms with E-state index in [0.29, 0.717) is 16.7 Å². The van der Waals surface area contributed by atoms with Crippen LogP contribution in [-0.4, -0.2) is 14.9 Å². The molecule has 0 aliphatic rings. The normalized spacial score (nSPS) is 11.0. The zero-order chi connectivity index (χ0) is 12.6. The molecule has 0 radical (unpaired) electrons. The summed E-state index contributed by atoms with van der Waals surface area (Å²) in [6, 6.07) is 4.04. The van der Waals surface area contributed by atoms with Gasteiger partial charge in [0, 0.05) is 18.1 Å². The maximum atomic E-state index is 11.7. The molecule has 0 atom stereocenters. The van der Waals surface area contributed by atoms with Crippen LogP contribution in [0, 0.1) is 10.1 Å². The van der Waals surface area contributed by atoms with Crippen molar-refractivity contribution in [2.75, 3.05) is 0 Å². The van der Waals surface area contributed by atoms with E-state index < -0.39 is 4.92 Å². The summed E-state index contributed by atoms with van der Waals surface area (Å²) in [6.45, 7) is 3.78. The van der Waals surface area contributed by atoms with Crippen LogP contribution in [0.15, 0.2) is 23.0 Å². The molecule has 6 heteroatoms. The molecule has 0 fully saturated rings. The molecule has 6 nitrogen and oxygen atoms in total. The highest BCUT2D eigenvalue weighted by Crippen LogP contribution is 2.18. The predicted octanol–water partition coefficient (Wildman–Crippen LogP) is 1.95. The van der Waals surface area contributed by atoms with Crippen LogP contribution in [0.3, 0.4) is 0 Å². The Kier molecular flexibility index (Phi) is 2.63. The molecule has 88 valence electrons. The Morgan fingerprint density at radius 1 is 1.41 bits per heavy atom. The lowest BCUT2D eigenvalue weighted by Gasteiger charge is -2.05. The standard InChI is InChI=1S/C11H11N3O3/c1-6(2)10-12-9-5-7(14(16)17)3-4-8(9)11(15)13-10/h3-6H,1-2H3,(H,12,13,15). The third kappa shape index (κ3) is 2.01. The smallest absolute Gasteiger partial charge is 0.271 e. The van der Waals surface area contributed by atoms with E-state index in [4.69, 9.17) is 0 Å². The van der Waals surface area contributed by atoms with Crippen molar-refractivity contribution >= 4 is 16.6 Å². The molecule has 0 bridgehead atoms. The first-order valence-electron chi connectivity index (χ1n) is 5.17. The van der Waals surface area contributed by atoms with Gasteiger partial charge in [0.15, 0.2) is 0 Å². The fourth-order valence-corrected chi connectivity index (χ4v) is 1.53. The van der Waals surface area contributed by atoms with Crippen molar-refractivity contribution in [1.82, 2.24) is 9.97 Å². The number of hydrogen-bond acceptors (Lipinski definition) is 4. The summed E-state index contributed by atoms with van der Waals surface area (Å²) in [7, 11) is 0. The van der Waals surface area contributed by atoms with Crippen molar-refractivity contribution in [2.24, 2.45) is 0 Å². The fourth-order valence-electron chi connectivity index (χ4n) is 1.53. The number of nitro groups is 1. The molecule has 1 aromatic heterocycles. The van der Waals surface area contributed by atoms with Crippen molar-refractivity contribution in [3.8, 4) is 0 Å². The van der Waals surface area contributed by atoms with Gasteiger partial charge in [0.25, 0.3) is 11.2 Å². The third-order valence-corrected chi connectivity index (χ3v) is 2.47. The Morgan fingerprint density at radius 2 is 2.12 bits per heavy atom. The molecule has 0 aliphatic carbocycles. The van der Waals surface area contributed by atoms with Crippen LogP contribution in [-0.2, 0) is 0 Å². The number of aromatic amines is 1. The van der Waals surface area contributed by atoms with Crippen molar-refractivity contribution in [3.63, 3.8) is 0 Å². The highest BCUT2D eigenvalue weighted by Gasteiger charge is 2.11. The molecule has 1 N–H and O–H groups in total. The first kappa shape index (κ1) is 11.3. The van der Waals surface area contributed by atoms with Crippen molar-refractivity contribution in [2.45, 2.75) is 19.8 Å². The van der Waals surface area contributed by atoms with Gasteiger partial charge < -0.3 is 4.98 Å². The topological polar surface area (TPSA) is 88.9 Å². The number of fused-ring (bicyclic) bond motifs is 1. The van der Waals surface area contributed by atoms with E-state index in [1.54, 1.807) is 0 Å². The summed E-state index contributed by atoms with van der Waals surface area (Å²) >= 11 is 0. The van der Waals surface area contributed by atoms with Gasteiger partial charge in [-0.1, -0.05) is 13.8 Å². The number of nitrogens with one attached hydrogen (secondary N) is 1. The van der Waals surface area contributed by atoms with E-state index in [-0.39, 0.29) is 17.2 Å². The first-order chi connectivity index (χ1) is 7.99. The number of aromatic nitrogens is 2. The number of non-ortho nitro benzene ring substituents is 1.